The quantitative estimate of drug-likeness (QED) is 0.447. The maximum atomic E-state index is 13.4. The minimum Gasteiger partial charge on any atom is -1.00 e. The molecule has 2 fully saturated rings. The molecule has 1 aromatic carbocycles. The zero-order valence-electron chi connectivity index (χ0n) is 20.3. The van der Waals surface area contributed by atoms with Crippen LogP contribution in [0.4, 0.5) is 20.6 Å². The number of rotatable bonds is 5. The zero-order chi connectivity index (χ0) is 25.5. The van der Waals surface area contributed by atoms with Gasteiger partial charge in [-0.2, -0.15) is 4.40 Å². The summed E-state index contributed by atoms with van der Waals surface area (Å²) < 4.78 is 25.2. The maximum absolute atomic E-state index is 13.4. The number of pyridine rings is 1. The van der Waals surface area contributed by atoms with Gasteiger partial charge in [-0.3, -0.25) is 9.89 Å². The fourth-order valence-corrected chi connectivity index (χ4v) is 4.87. The standard InChI is InChI=1S/C26H24FN5O5.ClH/c27-18-3-1-16(2-4-18)11-17-12-20(28-14-17)22-23(33)25(34)32-15-19(30-5-8-36-9-6-30)13-21(24(32)29-22)31-7-10-37-26(31)35;/h1-4,13-15,33H,5-12H2;1H. The van der Waals surface area contributed by atoms with Gasteiger partial charge in [-0.25, -0.2) is 19.0 Å². The molecule has 198 valence electrons. The summed E-state index contributed by atoms with van der Waals surface area (Å²) in [6.45, 7) is 2.96. The van der Waals surface area contributed by atoms with Gasteiger partial charge in [-0.1, -0.05) is 12.1 Å². The van der Waals surface area contributed by atoms with Gasteiger partial charge >= 0.3 is 17.3 Å². The van der Waals surface area contributed by atoms with Gasteiger partial charge in [0.2, 0.25) is 0 Å². The van der Waals surface area contributed by atoms with Crippen LogP contribution in [-0.4, -0.2) is 60.8 Å². The predicted molar refractivity (Wildman–Crippen MR) is 133 cm³/mol. The molecule has 1 amide bonds. The summed E-state index contributed by atoms with van der Waals surface area (Å²) in [4.78, 5) is 37.1. The van der Waals surface area contributed by atoms with E-state index in [-0.39, 0.29) is 30.5 Å². The predicted octanol–water partition coefficient (Wildman–Crippen LogP) is -0.925. The smallest absolute Gasteiger partial charge is 0.414 e. The fraction of sp³-hybridized carbons (Fsp3) is 0.308. The molecule has 2 aromatic heterocycles. The van der Waals surface area contributed by atoms with Crippen molar-refractivity contribution in [1.82, 2.24) is 4.40 Å². The second kappa shape index (κ2) is 10.4. The minimum absolute atomic E-state index is 0. The van der Waals surface area contributed by atoms with Gasteiger partial charge < -0.3 is 31.9 Å². The number of morpholine rings is 1. The number of nitrogens with one attached hydrogen (secondary N) is 1. The molecule has 3 aliphatic rings. The molecule has 0 radical (unpaired) electrons. The van der Waals surface area contributed by atoms with E-state index < -0.39 is 17.4 Å². The highest BCUT2D eigenvalue weighted by atomic mass is 35.5. The van der Waals surface area contributed by atoms with E-state index in [0.29, 0.717) is 62.7 Å². The molecule has 0 bridgehead atoms. The van der Waals surface area contributed by atoms with Crippen molar-refractivity contribution >= 4 is 28.8 Å². The number of nitrogens with zero attached hydrogens (tertiary/aromatic N) is 4. The van der Waals surface area contributed by atoms with E-state index in [4.69, 9.17) is 9.47 Å². The molecule has 0 spiro atoms. The average Bonchev–Trinajstić information content (AvgIpc) is 3.56. The number of allylic oxidation sites excluding steroid dienone is 1. The molecule has 0 aliphatic carbocycles. The Bertz CT molecular complexity index is 1520. The summed E-state index contributed by atoms with van der Waals surface area (Å²) in [7, 11) is 0. The number of hydrogen-bond acceptors (Lipinski definition) is 7. The third kappa shape index (κ3) is 4.70. The van der Waals surface area contributed by atoms with Gasteiger partial charge in [0.15, 0.2) is 5.69 Å². The molecule has 2 saturated heterocycles. The molecule has 2 N–H and O–H groups in total. The van der Waals surface area contributed by atoms with E-state index in [2.05, 4.69) is 14.9 Å². The third-order valence-corrected chi connectivity index (χ3v) is 6.79. The summed E-state index contributed by atoms with van der Waals surface area (Å²) in [6.07, 6.45) is 3.83. The summed E-state index contributed by atoms with van der Waals surface area (Å²) >= 11 is 0. The first kappa shape index (κ1) is 25.7. The number of fused-ring (bicyclic) bond motifs is 1. The number of anilines is 2. The lowest BCUT2D eigenvalue weighted by molar-refractivity contribution is -0.353. The first-order valence-corrected chi connectivity index (χ1v) is 12.1. The highest BCUT2D eigenvalue weighted by Crippen LogP contribution is 2.29. The van der Waals surface area contributed by atoms with Crippen molar-refractivity contribution in [1.29, 1.82) is 0 Å². The second-order valence-electron chi connectivity index (χ2n) is 9.16. The van der Waals surface area contributed by atoms with Crippen molar-refractivity contribution in [2.75, 3.05) is 49.3 Å². The number of amides is 1. The number of aromatic hydroxyl groups is 1. The highest BCUT2D eigenvalue weighted by molar-refractivity contribution is 6.03. The Balaban J connectivity index is 0.00000294. The third-order valence-electron chi connectivity index (χ3n) is 6.79. The number of H-pyrrole nitrogens is 1. The molecule has 3 aromatic rings. The first-order chi connectivity index (χ1) is 18.0. The van der Waals surface area contributed by atoms with Crippen LogP contribution in [0.3, 0.4) is 0 Å². The van der Waals surface area contributed by atoms with Crippen LogP contribution in [0.25, 0.3) is 5.65 Å². The van der Waals surface area contributed by atoms with Gasteiger partial charge in [-0.05, 0) is 35.8 Å². The van der Waals surface area contributed by atoms with Crippen molar-refractivity contribution in [2.24, 2.45) is 4.99 Å². The Labute approximate surface area is 223 Å². The number of carbonyl (C=O) groups excluding carboxylic acids is 1. The van der Waals surface area contributed by atoms with Gasteiger partial charge in [0.25, 0.3) is 5.75 Å². The number of halogens is 2. The zero-order valence-corrected chi connectivity index (χ0v) is 21.1. The Morgan fingerprint density at radius 2 is 1.84 bits per heavy atom. The number of aliphatic imine (C=N–C) groups is 1. The van der Waals surface area contributed by atoms with Crippen LogP contribution in [0.15, 0.2) is 58.1 Å². The summed E-state index contributed by atoms with van der Waals surface area (Å²) in [5, 5.41) is 10.9. The molecule has 38 heavy (non-hydrogen) atoms. The summed E-state index contributed by atoms with van der Waals surface area (Å²) in [5.41, 5.74) is 3.52. The van der Waals surface area contributed by atoms with Gasteiger partial charge in [0.1, 0.15) is 24.3 Å². The van der Waals surface area contributed by atoms with Crippen molar-refractivity contribution in [3.63, 3.8) is 0 Å². The van der Waals surface area contributed by atoms with Crippen LogP contribution in [0.1, 0.15) is 17.7 Å². The lowest BCUT2D eigenvalue weighted by Gasteiger charge is -2.28. The molecule has 0 unspecified atom stereocenters. The lowest BCUT2D eigenvalue weighted by Crippen LogP contribution is -3.00. The molecular formula is C26H25ClFN5O5. The van der Waals surface area contributed by atoms with Crippen LogP contribution in [0.2, 0.25) is 0 Å². The average molecular weight is 542 g/mol. The Kier molecular flexibility index (Phi) is 7.04. The molecule has 12 heteroatoms. The maximum Gasteiger partial charge on any atom is 0.414 e. The highest BCUT2D eigenvalue weighted by Gasteiger charge is 2.33. The van der Waals surface area contributed by atoms with E-state index in [0.717, 1.165) is 16.8 Å². The van der Waals surface area contributed by atoms with Crippen LogP contribution < -0.4 is 32.8 Å². The fourth-order valence-electron chi connectivity index (χ4n) is 4.87. The first-order valence-electron chi connectivity index (χ1n) is 12.1. The van der Waals surface area contributed by atoms with E-state index in [1.54, 1.807) is 24.5 Å². The number of benzene rings is 1. The van der Waals surface area contributed by atoms with E-state index in [9.17, 15) is 19.1 Å². The minimum atomic E-state index is -0.623. The van der Waals surface area contributed by atoms with Crippen molar-refractivity contribution in [2.45, 2.75) is 12.8 Å². The van der Waals surface area contributed by atoms with Gasteiger partial charge in [0, 0.05) is 25.7 Å². The largest absolute Gasteiger partial charge is 1.00 e. The Morgan fingerprint density at radius 1 is 1.08 bits per heavy atom. The van der Waals surface area contributed by atoms with E-state index in [1.165, 1.54) is 21.4 Å². The number of ether oxygens (including phenoxy) is 2. The molecule has 3 aliphatic heterocycles. The number of carbonyl (C=O) groups is 1. The van der Waals surface area contributed by atoms with Crippen LogP contribution in [0.5, 0.6) is 5.75 Å². The molecule has 6 rings (SSSR count). The van der Waals surface area contributed by atoms with E-state index >= 15 is 0 Å². The SMILES string of the molecule is O=C1OCCN1c1cc(N2CCOCC2)cn2c(=O)c(O)c(C3=NC=C(Cc4ccc(F)cc4)C3)[nH+]c12.[Cl-]. The molecule has 5 heterocycles. The number of hydrogen-bond donors (Lipinski definition) is 1. The van der Waals surface area contributed by atoms with Gasteiger partial charge in [0.05, 0.1) is 31.2 Å². The number of aromatic amines is 1. The van der Waals surface area contributed by atoms with Crippen LogP contribution >= 0.6 is 0 Å². The van der Waals surface area contributed by atoms with Crippen LogP contribution in [0, 0.1) is 5.82 Å². The number of cyclic esters (lactones) is 1. The monoisotopic (exact) mass is 541 g/mol. The number of aromatic nitrogens is 2. The van der Waals surface area contributed by atoms with E-state index in [1.807, 2.05) is 6.07 Å². The normalized spacial score (nSPS) is 17.3. The molecule has 10 nitrogen and oxygen atoms in total. The van der Waals surface area contributed by atoms with Crippen LogP contribution in [-0.2, 0) is 15.9 Å². The Morgan fingerprint density at radius 3 is 2.55 bits per heavy atom. The van der Waals surface area contributed by atoms with Gasteiger partial charge in [-0.15, -0.1) is 0 Å². The molecule has 0 saturated carbocycles. The summed E-state index contributed by atoms with van der Waals surface area (Å²) in [6, 6.07) is 8.10. The Hall–Kier alpha value is -3.96. The second-order valence-corrected chi connectivity index (χ2v) is 9.16. The van der Waals surface area contributed by atoms with Crippen molar-refractivity contribution in [3.8, 4) is 5.75 Å². The topological polar surface area (TPSA) is 110 Å². The van der Waals surface area contributed by atoms with Crippen molar-refractivity contribution < 1.29 is 41.2 Å². The molecule has 0 atom stereocenters. The lowest BCUT2D eigenvalue weighted by atomic mass is 10.0. The van der Waals surface area contributed by atoms with Crippen molar-refractivity contribution in [3.05, 3.63) is 75.7 Å². The summed E-state index contributed by atoms with van der Waals surface area (Å²) in [5.74, 6) is -0.756. The molecular weight excluding hydrogens is 517 g/mol.